The highest BCUT2D eigenvalue weighted by atomic mass is 16.5. The van der Waals surface area contributed by atoms with Crippen molar-refractivity contribution in [1.29, 1.82) is 0 Å². The number of benzene rings is 2. The minimum atomic E-state index is -0.808. The number of ether oxygens (including phenoxy) is 2. The number of hydrogen-bond acceptors (Lipinski definition) is 6. The first-order valence-electron chi connectivity index (χ1n) is 9.27. The van der Waals surface area contributed by atoms with E-state index in [1.54, 1.807) is 31.2 Å². The quantitative estimate of drug-likeness (QED) is 0.368. The van der Waals surface area contributed by atoms with Crippen molar-refractivity contribution in [1.82, 2.24) is 0 Å². The van der Waals surface area contributed by atoms with Gasteiger partial charge in [0.2, 0.25) is 0 Å². The molecule has 2 aromatic carbocycles. The molecule has 0 saturated carbocycles. The first-order chi connectivity index (χ1) is 13.7. The van der Waals surface area contributed by atoms with Gasteiger partial charge in [0.25, 0.3) is 0 Å². The molecule has 3 rings (SSSR count). The summed E-state index contributed by atoms with van der Waals surface area (Å²) in [6.45, 7) is 8.09. The lowest BCUT2D eigenvalue weighted by atomic mass is 9.87. The average molecular weight is 394 g/mol. The summed E-state index contributed by atoms with van der Waals surface area (Å²) in [5, 5.41) is 0.516. The van der Waals surface area contributed by atoms with E-state index < -0.39 is 17.6 Å². The maximum atomic E-state index is 12.4. The fraction of sp³-hybridized carbons (Fsp3) is 0.261. The zero-order valence-corrected chi connectivity index (χ0v) is 16.8. The molecule has 0 amide bonds. The number of esters is 2. The summed E-state index contributed by atoms with van der Waals surface area (Å²) in [7, 11) is 0. The predicted molar refractivity (Wildman–Crippen MR) is 109 cm³/mol. The third-order valence-corrected chi connectivity index (χ3v) is 4.40. The van der Waals surface area contributed by atoms with Crippen LogP contribution in [0.1, 0.15) is 54.0 Å². The topological polar surface area (TPSA) is 82.8 Å². The van der Waals surface area contributed by atoms with Crippen LogP contribution in [-0.4, -0.2) is 18.5 Å². The number of carbonyl (C=O) groups excluding carboxylic acids is 2. The van der Waals surface area contributed by atoms with E-state index in [-0.39, 0.29) is 28.9 Å². The van der Waals surface area contributed by atoms with E-state index in [0.29, 0.717) is 10.9 Å². The van der Waals surface area contributed by atoms with Gasteiger partial charge >= 0.3 is 17.6 Å². The van der Waals surface area contributed by atoms with E-state index in [9.17, 15) is 14.4 Å². The Labute approximate surface area is 168 Å². The normalized spacial score (nSPS) is 11.3. The Morgan fingerprint density at radius 2 is 1.66 bits per heavy atom. The fourth-order valence-electron chi connectivity index (χ4n) is 2.78. The van der Waals surface area contributed by atoms with Crippen LogP contribution < -0.4 is 10.4 Å². The monoisotopic (exact) mass is 394 g/mol. The van der Waals surface area contributed by atoms with E-state index in [0.717, 1.165) is 5.56 Å². The second-order valence-electron chi connectivity index (χ2n) is 7.58. The molecule has 0 bridgehead atoms. The number of hydrogen-bond donors (Lipinski definition) is 0. The Hall–Kier alpha value is -3.41. The van der Waals surface area contributed by atoms with Gasteiger partial charge in [0.1, 0.15) is 16.9 Å². The molecule has 0 fully saturated rings. The Balaban J connectivity index is 1.83. The van der Waals surface area contributed by atoms with Crippen LogP contribution in [0.25, 0.3) is 11.0 Å². The standard InChI is InChI=1S/C23H22O6/c1-5-27-21(25)18-12-15-8-11-17(13-19(15)29-22(18)26)28-20(24)14-6-9-16(10-7-14)23(2,3)4/h6-13H,5H2,1-4H3. The highest BCUT2D eigenvalue weighted by Gasteiger charge is 2.17. The van der Waals surface area contributed by atoms with E-state index in [1.807, 2.05) is 12.1 Å². The van der Waals surface area contributed by atoms with Crippen molar-refractivity contribution < 1.29 is 23.5 Å². The van der Waals surface area contributed by atoms with Crippen molar-refractivity contribution in [2.24, 2.45) is 0 Å². The first kappa shape index (κ1) is 20.3. The lowest BCUT2D eigenvalue weighted by Gasteiger charge is -2.18. The van der Waals surface area contributed by atoms with Gasteiger partial charge in [-0.2, -0.15) is 0 Å². The second-order valence-corrected chi connectivity index (χ2v) is 7.58. The summed E-state index contributed by atoms with van der Waals surface area (Å²) in [5.74, 6) is -1.03. The van der Waals surface area contributed by atoms with Gasteiger partial charge in [-0.3, -0.25) is 0 Å². The summed E-state index contributed by atoms with van der Waals surface area (Å²) in [6, 6.07) is 13.2. The number of rotatable bonds is 4. The second kappa shape index (κ2) is 7.91. The lowest BCUT2D eigenvalue weighted by Crippen LogP contribution is -2.16. The van der Waals surface area contributed by atoms with Gasteiger partial charge in [-0.15, -0.1) is 0 Å². The molecule has 1 aromatic heterocycles. The molecule has 0 atom stereocenters. The smallest absolute Gasteiger partial charge is 0.351 e. The summed E-state index contributed by atoms with van der Waals surface area (Å²) in [4.78, 5) is 36.3. The molecule has 1 heterocycles. The number of fused-ring (bicyclic) bond motifs is 1. The van der Waals surface area contributed by atoms with Gasteiger partial charge in [0, 0.05) is 11.5 Å². The van der Waals surface area contributed by atoms with Crippen LogP contribution in [0.4, 0.5) is 0 Å². The van der Waals surface area contributed by atoms with E-state index in [4.69, 9.17) is 13.9 Å². The lowest BCUT2D eigenvalue weighted by molar-refractivity contribution is 0.0521. The summed E-state index contributed by atoms with van der Waals surface area (Å²) in [5.41, 5.74) is 0.730. The van der Waals surface area contributed by atoms with Crippen molar-refractivity contribution in [3.05, 3.63) is 75.6 Å². The predicted octanol–water partition coefficient (Wildman–Crippen LogP) is 4.49. The van der Waals surface area contributed by atoms with E-state index >= 15 is 0 Å². The van der Waals surface area contributed by atoms with Crippen LogP contribution in [0, 0.1) is 0 Å². The minimum absolute atomic E-state index is 0.0132. The van der Waals surface area contributed by atoms with Crippen LogP contribution in [0.3, 0.4) is 0 Å². The highest BCUT2D eigenvalue weighted by molar-refractivity contribution is 5.94. The summed E-state index contributed by atoms with van der Waals surface area (Å²) >= 11 is 0. The molecule has 6 heteroatoms. The van der Waals surface area contributed by atoms with Crippen molar-refractivity contribution in [2.75, 3.05) is 6.61 Å². The minimum Gasteiger partial charge on any atom is -0.462 e. The molecular formula is C23H22O6. The van der Waals surface area contributed by atoms with E-state index in [1.165, 1.54) is 12.1 Å². The summed E-state index contributed by atoms with van der Waals surface area (Å²) in [6.07, 6.45) is 0. The van der Waals surface area contributed by atoms with Crippen LogP contribution in [0.5, 0.6) is 5.75 Å². The molecule has 0 unspecified atom stereocenters. The van der Waals surface area contributed by atoms with Crippen LogP contribution in [0.2, 0.25) is 0 Å². The maximum Gasteiger partial charge on any atom is 0.351 e. The largest absolute Gasteiger partial charge is 0.462 e. The molecule has 29 heavy (non-hydrogen) atoms. The third-order valence-electron chi connectivity index (χ3n) is 4.40. The molecule has 0 aliphatic heterocycles. The molecule has 6 nitrogen and oxygen atoms in total. The van der Waals surface area contributed by atoms with Crippen molar-refractivity contribution in [2.45, 2.75) is 33.1 Å². The zero-order chi connectivity index (χ0) is 21.2. The molecule has 0 N–H and O–H groups in total. The van der Waals surface area contributed by atoms with Gasteiger partial charge < -0.3 is 13.9 Å². The molecule has 3 aromatic rings. The molecule has 0 spiro atoms. The number of carbonyl (C=O) groups is 2. The Morgan fingerprint density at radius 3 is 2.28 bits per heavy atom. The van der Waals surface area contributed by atoms with E-state index in [2.05, 4.69) is 20.8 Å². The Kier molecular flexibility index (Phi) is 5.55. The first-order valence-corrected chi connectivity index (χ1v) is 9.27. The summed E-state index contributed by atoms with van der Waals surface area (Å²) < 4.78 is 15.4. The molecular weight excluding hydrogens is 372 g/mol. The molecule has 0 radical (unpaired) electrons. The van der Waals surface area contributed by atoms with Crippen LogP contribution in [0.15, 0.2) is 57.7 Å². The average Bonchev–Trinajstić information content (AvgIpc) is 2.67. The third kappa shape index (κ3) is 4.54. The van der Waals surface area contributed by atoms with Crippen LogP contribution >= 0.6 is 0 Å². The van der Waals surface area contributed by atoms with Crippen molar-refractivity contribution in [3.8, 4) is 5.75 Å². The molecule has 0 aliphatic carbocycles. The molecule has 0 saturated heterocycles. The van der Waals surface area contributed by atoms with Gasteiger partial charge in [-0.25, -0.2) is 14.4 Å². The molecule has 150 valence electrons. The van der Waals surface area contributed by atoms with Crippen molar-refractivity contribution in [3.63, 3.8) is 0 Å². The van der Waals surface area contributed by atoms with Gasteiger partial charge in [0.15, 0.2) is 0 Å². The highest BCUT2D eigenvalue weighted by Crippen LogP contribution is 2.24. The van der Waals surface area contributed by atoms with Gasteiger partial charge in [-0.05, 0) is 48.2 Å². The van der Waals surface area contributed by atoms with Crippen molar-refractivity contribution >= 4 is 22.9 Å². The zero-order valence-electron chi connectivity index (χ0n) is 16.8. The maximum absolute atomic E-state index is 12.4. The van der Waals surface area contributed by atoms with Gasteiger partial charge in [0.05, 0.1) is 12.2 Å². The Morgan fingerprint density at radius 1 is 0.966 bits per heavy atom. The SMILES string of the molecule is CCOC(=O)c1cc2ccc(OC(=O)c3ccc(C(C)(C)C)cc3)cc2oc1=O. The fourth-order valence-corrected chi connectivity index (χ4v) is 2.78. The Bertz CT molecular complexity index is 1120. The molecule has 0 aliphatic rings. The van der Waals surface area contributed by atoms with Crippen LogP contribution in [-0.2, 0) is 10.2 Å². The van der Waals surface area contributed by atoms with Gasteiger partial charge in [-0.1, -0.05) is 32.9 Å².